The fourth-order valence-electron chi connectivity index (χ4n) is 2.48. The standard InChI is InChI=1S/C12H17ClN2/c1-14-11-5-3-2-4-10(11)9-6-7-12(13)15-8-9/h6-8,10-11,14H,2-5H2,1H3. The molecule has 1 aliphatic carbocycles. The molecule has 2 rings (SSSR count). The molecule has 1 aliphatic rings. The molecule has 15 heavy (non-hydrogen) atoms. The van der Waals surface area contributed by atoms with Crippen molar-refractivity contribution in [2.75, 3.05) is 7.05 Å². The average Bonchev–Trinajstić information content (AvgIpc) is 2.30. The van der Waals surface area contributed by atoms with Crippen LogP contribution in [0.25, 0.3) is 0 Å². The minimum atomic E-state index is 0.579. The molecule has 3 heteroatoms. The molecular weight excluding hydrogens is 208 g/mol. The van der Waals surface area contributed by atoms with Crippen molar-refractivity contribution in [3.63, 3.8) is 0 Å². The van der Waals surface area contributed by atoms with Crippen LogP contribution in [-0.4, -0.2) is 18.1 Å². The smallest absolute Gasteiger partial charge is 0.129 e. The first-order chi connectivity index (χ1) is 7.31. The van der Waals surface area contributed by atoms with Crippen molar-refractivity contribution in [1.82, 2.24) is 10.3 Å². The van der Waals surface area contributed by atoms with E-state index in [1.54, 1.807) is 0 Å². The quantitative estimate of drug-likeness (QED) is 0.782. The average molecular weight is 225 g/mol. The highest BCUT2D eigenvalue weighted by Crippen LogP contribution is 2.32. The molecule has 2 unspecified atom stereocenters. The van der Waals surface area contributed by atoms with Crippen LogP contribution in [-0.2, 0) is 0 Å². The van der Waals surface area contributed by atoms with Gasteiger partial charge >= 0.3 is 0 Å². The van der Waals surface area contributed by atoms with E-state index in [-0.39, 0.29) is 0 Å². The van der Waals surface area contributed by atoms with E-state index in [1.807, 2.05) is 19.3 Å². The van der Waals surface area contributed by atoms with E-state index < -0.39 is 0 Å². The number of nitrogens with one attached hydrogen (secondary N) is 1. The molecule has 0 bridgehead atoms. The Morgan fingerprint density at radius 3 is 2.80 bits per heavy atom. The lowest BCUT2D eigenvalue weighted by atomic mass is 9.80. The van der Waals surface area contributed by atoms with E-state index in [9.17, 15) is 0 Å². The summed E-state index contributed by atoms with van der Waals surface area (Å²) in [5, 5.41) is 3.99. The van der Waals surface area contributed by atoms with Gasteiger partial charge in [0.25, 0.3) is 0 Å². The summed E-state index contributed by atoms with van der Waals surface area (Å²) < 4.78 is 0. The molecule has 0 saturated heterocycles. The Balaban J connectivity index is 2.16. The maximum absolute atomic E-state index is 5.79. The van der Waals surface area contributed by atoms with Crippen LogP contribution in [0.2, 0.25) is 5.15 Å². The number of pyridine rings is 1. The van der Waals surface area contributed by atoms with Crippen molar-refractivity contribution in [3.05, 3.63) is 29.0 Å². The summed E-state index contributed by atoms with van der Waals surface area (Å²) in [6.45, 7) is 0. The number of nitrogens with zero attached hydrogens (tertiary/aromatic N) is 1. The van der Waals surface area contributed by atoms with Crippen molar-refractivity contribution in [3.8, 4) is 0 Å². The Bertz CT molecular complexity index is 310. The molecule has 0 aliphatic heterocycles. The summed E-state index contributed by atoms with van der Waals surface area (Å²) in [6.07, 6.45) is 7.11. The lowest BCUT2D eigenvalue weighted by molar-refractivity contribution is 0.343. The van der Waals surface area contributed by atoms with Gasteiger partial charge in [0.15, 0.2) is 0 Å². The van der Waals surface area contributed by atoms with Gasteiger partial charge in [-0.15, -0.1) is 0 Å². The van der Waals surface area contributed by atoms with Gasteiger partial charge in [-0.3, -0.25) is 0 Å². The first-order valence-electron chi connectivity index (χ1n) is 5.60. The Morgan fingerprint density at radius 2 is 2.13 bits per heavy atom. The third-order valence-corrected chi connectivity index (χ3v) is 3.54. The molecule has 1 aromatic rings. The zero-order valence-electron chi connectivity index (χ0n) is 9.04. The molecule has 0 aromatic carbocycles. The van der Waals surface area contributed by atoms with E-state index in [2.05, 4.69) is 16.4 Å². The van der Waals surface area contributed by atoms with E-state index in [0.29, 0.717) is 17.1 Å². The number of likely N-dealkylation sites (N-methyl/N-ethyl adjacent to an activating group) is 1. The Kier molecular flexibility index (Phi) is 3.60. The molecule has 2 atom stereocenters. The van der Waals surface area contributed by atoms with E-state index in [1.165, 1.54) is 31.2 Å². The summed E-state index contributed by atoms with van der Waals surface area (Å²) in [7, 11) is 2.05. The van der Waals surface area contributed by atoms with Crippen LogP contribution >= 0.6 is 11.6 Å². The maximum Gasteiger partial charge on any atom is 0.129 e. The van der Waals surface area contributed by atoms with Crippen molar-refractivity contribution >= 4 is 11.6 Å². The second-order valence-electron chi connectivity index (χ2n) is 4.20. The summed E-state index contributed by atoms with van der Waals surface area (Å²) in [5.74, 6) is 0.605. The maximum atomic E-state index is 5.79. The fourth-order valence-corrected chi connectivity index (χ4v) is 2.59. The lowest BCUT2D eigenvalue weighted by Crippen LogP contribution is -2.34. The predicted octanol–water partition coefficient (Wildman–Crippen LogP) is 2.98. The van der Waals surface area contributed by atoms with Crippen LogP contribution in [0.15, 0.2) is 18.3 Å². The zero-order chi connectivity index (χ0) is 10.7. The van der Waals surface area contributed by atoms with E-state index in [0.717, 1.165) is 0 Å². The Hall–Kier alpha value is -0.600. The zero-order valence-corrected chi connectivity index (χ0v) is 9.80. The molecule has 1 aromatic heterocycles. The topological polar surface area (TPSA) is 24.9 Å². The van der Waals surface area contributed by atoms with E-state index >= 15 is 0 Å². The monoisotopic (exact) mass is 224 g/mol. The lowest BCUT2D eigenvalue weighted by Gasteiger charge is -2.31. The molecule has 82 valence electrons. The third kappa shape index (κ3) is 2.50. The molecule has 1 saturated carbocycles. The summed E-state index contributed by atoms with van der Waals surface area (Å²) >= 11 is 5.79. The summed E-state index contributed by atoms with van der Waals surface area (Å²) in [6, 6.07) is 4.59. The normalized spacial score (nSPS) is 26.5. The van der Waals surface area contributed by atoms with Crippen molar-refractivity contribution in [2.24, 2.45) is 0 Å². The fraction of sp³-hybridized carbons (Fsp3) is 0.583. The van der Waals surface area contributed by atoms with Gasteiger partial charge in [0, 0.05) is 18.2 Å². The molecule has 2 nitrogen and oxygen atoms in total. The highest BCUT2D eigenvalue weighted by atomic mass is 35.5. The predicted molar refractivity (Wildman–Crippen MR) is 63.3 cm³/mol. The van der Waals surface area contributed by atoms with Gasteiger partial charge < -0.3 is 5.32 Å². The van der Waals surface area contributed by atoms with Gasteiger partial charge in [-0.2, -0.15) is 0 Å². The Labute approximate surface area is 96.1 Å². The van der Waals surface area contributed by atoms with Gasteiger partial charge in [0.2, 0.25) is 0 Å². The van der Waals surface area contributed by atoms with Gasteiger partial charge in [-0.1, -0.05) is 30.5 Å². The van der Waals surface area contributed by atoms with Gasteiger partial charge in [-0.25, -0.2) is 4.98 Å². The molecular formula is C12H17ClN2. The van der Waals surface area contributed by atoms with E-state index in [4.69, 9.17) is 11.6 Å². The third-order valence-electron chi connectivity index (χ3n) is 3.32. The largest absolute Gasteiger partial charge is 0.316 e. The summed E-state index contributed by atoms with van der Waals surface area (Å²) in [4.78, 5) is 4.16. The first kappa shape index (κ1) is 10.9. The minimum Gasteiger partial charge on any atom is -0.316 e. The van der Waals surface area contributed by atoms with Crippen LogP contribution < -0.4 is 5.32 Å². The summed E-state index contributed by atoms with van der Waals surface area (Å²) in [5.41, 5.74) is 1.32. The second kappa shape index (κ2) is 4.95. The van der Waals surface area contributed by atoms with Crippen molar-refractivity contribution in [2.45, 2.75) is 37.6 Å². The highest BCUT2D eigenvalue weighted by molar-refractivity contribution is 6.29. The molecule has 1 N–H and O–H groups in total. The molecule has 0 spiro atoms. The van der Waals surface area contributed by atoms with Gasteiger partial charge in [0.05, 0.1) is 0 Å². The number of aromatic nitrogens is 1. The molecule has 1 heterocycles. The van der Waals surface area contributed by atoms with Crippen molar-refractivity contribution in [1.29, 1.82) is 0 Å². The first-order valence-corrected chi connectivity index (χ1v) is 5.98. The SMILES string of the molecule is CNC1CCCCC1c1ccc(Cl)nc1. The second-order valence-corrected chi connectivity index (χ2v) is 4.59. The van der Waals surface area contributed by atoms with Crippen LogP contribution in [0.1, 0.15) is 37.2 Å². The minimum absolute atomic E-state index is 0.579. The highest BCUT2D eigenvalue weighted by Gasteiger charge is 2.25. The van der Waals surface area contributed by atoms with Crippen LogP contribution in [0, 0.1) is 0 Å². The number of rotatable bonds is 2. The van der Waals surface area contributed by atoms with Gasteiger partial charge in [0.1, 0.15) is 5.15 Å². The van der Waals surface area contributed by atoms with Crippen LogP contribution in [0.4, 0.5) is 0 Å². The number of hydrogen-bond donors (Lipinski definition) is 1. The molecule has 0 radical (unpaired) electrons. The van der Waals surface area contributed by atoms with Crippen LogP contribution in [0.3, 0.4) is 0 Å². The number of hydrogen-bond acceptors (Lipinski definition) is 2. The Morgan fingerprint density at radius 1 is 1.33 bits per heavy atom. The van der Waals surface area contributed by atoms with Crippen molar-refractivity contribution < 1.29 is 0 Å². The van der Waals surface area contributed by atoms with Crippen LogP contribution in [0.5, 0.6) is 0 Å². The molecule has 0 amide bonds. The molecule has 1 fully saturated rings. The number of halogens is 1. The van der Waals surface area contributed by atoms with Gasteiger partial charge in [-0.05, 0) is 31.5 Å².